The highest BCUT2D eigenvalue weighted by atomic mass is 14.8. The van der Waals surface area contributed by atoms with Crippen LogP contribution in [0.2, 0.25) is 0 Å². The first kappa shape index (κ1) is 10.2. The Bertz CT molecular complexity index is 157. The van der Waals surface area contributed by atoms with Crippen LogP contribution in [0.25, 0.3) is 0 Å². The summed E-state index contributed by atoms with van der Waals surface area (Å²) in [6.45, 7) is 7.12. The van der Waals surface area contributed by atoms with Crippen LogP contribution < -0.4 is 5.32 Å². The fourth-order valence-electron chi connectivity index (χ4n) is 0.719. The molecule has 0 amide bonds. The molecule has 11 heavy (non-hydrogen) atoms. The van der Waals surface area contributed by atoms with Crippen molar-refractivity contribution in [1.29, 1.82) is 0 Å². The van der Waals surface area contributed by atoms with Gasteiger partial charge in [-0.15, -0.1) is 0 Å². The van der Waals surface area contributed by atoms with Crippen LogP contribution in [0.1, 0.15) is 27.2 Å². The van der Waals surface area contributed by atoms with Gasteiger partial charge in [0.15, 0.2) is 0 Å². The second-order valence-electron chi connectivity index (χ2n) is 2.60. The molecule has 0 aromatic carbocycles. The van der Waals surface area contributed by atoms with Gasteiger partial charge in [-0.25, -0.2) is 0 Å². The summed E-state index contributed by atoms with van der Waals surface area (Å²) in [5.74, 6) is 0. The van der Waals surface area contributed by atoms with Crippen LogP contribution in [-0.4, -0.2) is 19.3 Å². The van der Waals surface area contributed by atoms with E-state index < -0.39 is 0 Å². The van der Waals surface area contributed by atoms with Crippen LogP contribution >= 0.6 is 0 Å². The van der Waals surface area contributed by atoms with Gasteiger partial charge in [0, 0.05) is 25.0 Å². The van der Waals surface area contributed by atoms with Crippen LogP contribution in [0, 0.1) is 0 Å². The molecule has 64 valence electrons. The summed E-state index contributed by atoms with van der Waals surface area (Å²) < 4.78 is 0. The fraction of sp³-hybridized carbons (Fsp3) is 0.667. The summed E-state index contributed by atoms with van der Waals surface area (Å²) in [4.78, 5) is 4.33. The Morgan fingerprint density at radius 3 is 2.55 bits per heavy atom. The van der Waals surface area contributed by atoms with Crippen LogP contribution in [0.5, 0.6) is 0 Å². The average Bonchev–Trinajstić information content (AvgIpc) is 2.00. The average molecular weight is 154 g/mol. The monoisotopic (exact) mass is 154 g/mol. The number of nitrogens with zero attached hydrogens (tertiary/aromatic N) is 1. The van der Waals surface area contributed by atoms with Crippen molar-refractivity contribution in [1.82, 2.24) is 5.32 Å². The van der Waals surface area contributed by atoms with Crippen molar-refractivity contribution in [2.75, 3.05) is 13.6 Å². The second-order valence-corrected chi connectivity index (χ2v) is 2.60. The summed E-state index contributed by atoms with van der Waals surface area (Å²) in [7, 11) is 1.92. The van der Waals surface area contributed by atoms with Crippen molar-refractivity contribution in [3.05, 3.63) is 11.8 Å². The van der Waals surface area contributed by atoms with Gasteiger partial charge in [0.1, 0.15) is 0 Å². The smallest absolute Gasteiger partial charge is 0.0389 e. The number of aliphatic imine (C=N–C) groups is 1. The molecule has 0 fully saturated rings. The SMILES string of the molecule is CCCN=C(C)C=C(C)NC. The Kier molecular flexibility index (Phi) is 5.53. The van der Waals surface area contributed by atoms with E-state index in [4.69, 9.17) is 0 Å². The molecule has 0 atom stereocenters. The van der Waals surface area contributed by atoms with E-state index in [2.05, 4.69) is 23.3 Å². The molecule has 0 bridgehead atoms. The van der Waals surface area contributed by atoms with Gasteiger partial charge in [-0.05, 0) is 26.3 Å². The zero-order chi connectivity index (χ0) is 8.69. The summed E-state index contributed by atoms with van der Waals surface area (Å²) in [6, 6.07) is 0. The van der Waals surface area contributed by atoms with Crippen LogP contribution in [-0.2, 0) is 0 Å². The molecule has 1 N–H and O–H groups in total. The molecule has 0 radical (unpaired) electrons. The molecule has 0 saturated heterocycles. The lowest BCUT2D eigenvalue weighted by molar-refractivity contribution is 0.930. The van der Waals surface area contributed by atoms with E-state index >= 15 is 0 Å². The van der Waals surface area contributed by atoms with E-state index in [1.54, 1.807) is 0 Å². The maximum absolute atomic E-state index is 4.33. The predicted octanol–water partition coefficient (Wildman–Crippen LogP) is 1.98. The number of hydrogen-bond donors (Lipinski definition) is 1. The summed E-state index contributed by atoms with van der Waals surface area (Å²) in [5.41, 5.74) is 2.25. The summed E-state index contributed by atoms with van der Waals surface area (Å²) in [6.07, 6.45) is 3.17. The van der Waals surface area contributed by atoms with E-state index in [-0.39, 0.29) is 0 Å². The van der Waals surface area contributed by atoms with Gasteiger partial charge in [-0.1, -0.05) is 6.92 Å². The topological polar surface area (TPSA) is 24.4 Å². The lowest BCUT2D eigenvalue weighted by atomic mass is 10.3. The zero-order valence-electron chi connectivity index (χ0n) is 7.94. The van der Waals surface area contributed by atoms with Gasteiger partial charge in [-0.3, -0.25) is 4.99 Å². The van der Waals surface area contributed by atoms with E-state index in [9.17, 15) is 0 Å². The van der Waals surface area contributed by atoms with Gasteiger partial charge in [0.25, 0.3) is 0 Å². The first-order valence-electron chi connectivity index (χ1n) is 4.07. The number of allylic oxidation sites excluding steroid dienone is 2. The molecular formula is C9H18N2. The van der Waals surface area contributed by atoms with Crippen LogP contribution in [0.3, 0.4) is 0 Å². The molecule has 0 aliphatic heterocycles. The van der Waals surface area contributed by atoms with Crippen molar-refractivity contribution in [2.45, 2.75) is 27.2 Å². The highest BCUT2D eigenvalue weighted by Gasteiger charge is 1.85. The van der Waals surface area contributed by atoms with Gasteiger partial charge in [0.2, 0.25) is 0 Å². The van der Waals surface area contributed by atoms with Crippen molar-refractivity contribution in [3.63, 3.8) is 0 Å². The van der Waals surface area contributed by atoms with Gasteiger partial charge in [0.05, 0.1) is 0 Å². The Balaban J connectivity index is 3.93. The van der Waals surface area contributed by atoms with Crippen molar-refractivity contribution in [2.24, 2.45) is 4.99 Å². The minimum atomic E-state index is 0.930. The molecule has 2 heteroatoms. The highest BCUT2D eigenvalue weighted by Crippen LogP contribution is 1.89. The van der Waals surface area contributed by atoms with Crippen molar-refractivity contribution >= 4 is 5.71 Å². The Labute approximate surface area is 69.4 Å². The third-order valence-corrected chi connectivity index (χ3v) is 1.40. The lowest BCUT2D eigenvalue weighted by Crippen LogP contribution is -2.03. The third kappa shape index (κ3) is 5.64. The molecule has 0 saturated carbocycles. The highest BCUT2D eigenvalue weighted by molar-refractivity contribution is 5.93. The first-order chi connectivity index (χ1) is 5.20. The summed E-state index contributed by atoms with van der Waals surface area (Å²) in [5, 5.41) is 3.05. The maximum atomic E-state index is 4.33. The first-order valence-corrected chi connectivity index (χ1v) is 4.07. The predicted molar refractivity (Wildman–Crippen MR) is 51.1 cm³/mol. The quantitative estimate of drug-likeness (QED) is 0.615. The van der Waals surface area contributed by atoms with Crippen molar-refractivity contribution in [3.8, 4) is 0 Å². The number of hydrogen-bond acceptors (Lipinski definition) is 2. The van der Waals surface area contributed by atoms with E-state index in [1.165, 1.54) is 0 Å². The second kappa shape index (κ2) is 5.96. The Morgan fingerprint density at radius 1 is 1.45 bits per heavy atom. The van der Waals surface area contributed by atoms with Gasteiger partial charge in [-0.2, -0.15) is 0 Å². The molecule has 0 aliphatic rings. The maximum Gasteiger partial charge on any atom is 0.0389 e. The number of nitrogens with one attached hydrogen (secondary N) is 1. The molecule has 0 aliphatic carbocycles. The van der Waals surface area contributed by atoms with E-state index in [1.807, 2.05) is 20.9 Å². The summed E-state index contributed by atoms with van der Waals surface area (Å²) >= 11 is 0. The van der Waals surface area contributed by atoms with Crippen LogP contribution in [0.15, 0.2) is 16.8 Å². The third-order valence-electron chi connectivity index (χ3n) is 1.40. The van der Waals surface area contributed by atoms with E-state index in [0.29, 0.717) is 0 Å². The molecular weight excluding hydrogens is 136 g/mol. The van der Waals surface area contributed by atoms with Gasteiger partial charge < -0.3 is 5.32 Å². The normalized spacial score (nSPS) is 13.5. The van der Waals surface area contributed by atoms with Crippen molar-refractivity contribution < 1.29 is 0 Å². The molecule has 2 nitrogen and oxygen atoms in total. The fourth-order valence-corrected chi connectivity index (χ4v) is 0.719. The number of rotatable bonds is 4. The largest absolute Gasteiger partial charge is 0.392 e. The minimum absolute atomic E-state index is 0.930. The molecule has 0 aromatic heterocycles. The lowest BCUT2D eigenvalue weighted by Gasteiger charge is -1.98. The Hall–Kier alpha value is -0.790. The van der Waals surface area contributed by atoms with Crippen LogP contribution in [0.4, 0.5) is 0 Å². The minimum Gasteiger partial charge on any atom is -0.392 e. The molecule has 0 heterocycles. The Morgan fingerprint density at radius 2 is 2.09 bits per heavy atom. The molecule has 0 rings (SSSR count). The van der Waals surface area contributed by atoms with Gasteiger partial charge >= 0.3 is 0 Å². The molecule has 0 unspecified atom stereocenters. The van der Waals surface area contributed by atoms with E-state index in [0.717, 1.165) is 24.4 Å². The molecule has 0 aromatic rings. The molecule has 0 spiro atoms. The standard InChI is InChI=1S/C9H18N2/c1-5-6-11-9(3)7-8(2)10-4/h7,10H,5-6H2,1-4H3. The zero-order valence-corrected chi connectivity index (χ0v) is 7.94.